The molecule has 1 fully saturated rings. The molecular formula is C24H34N2O8SSi. The van der Waals surface area contributed by atoms with Gasteiger partial charge >= 0.3 is 5.97 Å². The van der Waals surface area contributed by atoms with Gasteiger partial charge in [0.05, 0.1) is 23.1 Å². The molecule has 198 valence electrons. The molecule has 12 heteroatoms. The number of Topliss-reactive ketones (excluding diaryl/α,β-unsaturated/α-hetero) is 1. The van der Waals surface area contributed by atoms with Crippen molar-refractivity contribution in [2.24, 2.45) is 0 Å². The zero-order valence-electron chi connectivity index (χ0n) is 21.5. The lowest BCUT2D eigenvalue weighted by Crippen LogP contribution is -2.67. The first kappa shape index (κ1) is 28.2. The number of fused-ring (bicyclic) bond motifs is 2. The summed E-state index contributed by atoms with van der Waals surface area (Å²) >= 11 is 0. The van der Waals surface area contributed by atoms with Crippen molar-refractivity contribution in [2.75, 3.05) is 6.61 Å². The summed E-state index contributed by atoms with van der Waals surface area (Å²) in [5, 5.41) is 11.4. The minimum Gasteiger partial charge on any atom is -0.466 e. The average Bonchev–Trinajstić information content (AvgIpc) is 3.09. The zero-order valence-corrected chi connectivity index (χ0v) is 23.3. The molecule has 2 aliphatic heterocycles. The Kier molecular flexibility index (Phi) is 7.67. The molecule has 1 aromatic rings. The number of benzene rings is 1. The van der Waals surface area contributed by atoms with Crippen LogP contribution in [0.15, 0.2) is 41.3 Å². The van der Waals surface area contributed by atoms with Crippen LogP contribution in [0.4, 0.5) is 5.69 Å². The van der Waals surface area contributed by atoms with Gasteiger partial charge in [-0.1, -0.05) is 45.1 Å². The van der Waals surface area contributed by atoms with E-state index in [2.05, 4.69) is 0 Å². The number of para-hydroxylation sites is 1. The van der Waals surface area contributed by atoms with Gasteiger partial charge in [0.15, 0.2) is 19.0 Å². The SMILES string of the molecule is CCOC(=O)CCC12C=CC(CC(=O)C1O[Si](C)(C)C(C)(C)C)N2S(=O)(=O)c1ccccc1[N+](=O)[O-]. The number of piperidine rings is 1. The van der Waals surface area contributed by atoms with Crippen molar-refractivity contribution in [3.8, 4) is 0 Å². The Labute approximate surface area is 213 Å². The van der Waals surface area contributed by atoms with Gasteiger partial charge < -0.3 is 9.16 Å². The van der Waals surface area contributed by atoms with E-state index in [0.717, 1.165) is 10.4 Å². The van der Waals surface area contributed by atoms with Crippen molar-refractivity contribution < 1.29 is 32.1 Å². The number of carbonyl (C=O) groups excluding carboxylic acids is 2. The fourth-order valence-corrected chi connectivity index (χ4v) is 7.86. The predicted octanol–water partition coefficient (Wildman–Crippen LogP) is 3.97. The van der Waals surface area contributed by atoms with Crippen LogP contribution in [-0.2, 0) is 28.8 Å². The molecule has 3 rings (SSSR count). The van der Waals surface area contributed by atoms with Gasteiger partial charge in [-0.15, -0.1) is 0 Å². The minimum absolute atomic E-state index is 0.0657. The monoisotopic (exact) mass is 538 g/mol. The van der Waals surface area contributed by atoms with E-state index in [-0.39, 0.29) is 36.7 Å². The third kappa shape index (κ3) is 4.91. The van der Waals surface area contributed by atoms with E-state index >= 15 is 0 Å². The molecule has 1 saturated heterocycles. The number of nitrogens with zero attached hydrogens (tertiary/aromatic N) is 2. The number of rotatable bonds is 9. The summed E-state index contributed by atoms with van der Waals surface area (Å²) in [4.78, 5) is 36.2. The number of nitro benzene ring substituents is 1. The second-order valence-electron chi connectivity index (χ2n) is 10.7. The zero-order chi connectivity index (χ0) is 27.1. The Balaban J connectivity index is 2.18. The first-order chi connectivity index (χ1) is 16.6. The molecule has 1 aromatic carbocycles. The Morgan fingerprint density at radius 1 is 1.28 bits per heavy atom. The molecule has 2 aliphatic rings. The summed E-state index contributed by atoms with van der Waals surface area (Å²) < 4.78 is 40.9. The summed E-state index contributed by atoms with van der Waals surface area (Å²) in [5.41, 5.74) is -2.08. The summed E-state index contributed by atoms with van der Waals surface area (Å²) in [5.74, 6) is -0.788. The predicted molar refractivity (Wildman–Crippen MR) is 135 cm³/mol. The lowest BCUT2D eigenvalue weighted by atomic mass is 9.83. The summed E-state index contributed by atoms with van der Waals surface area (Å²) in [6, 6.07) is 4.28. The second kappa shape index (κ2) is 9.80. The summed E-state index contributed by atoms with van der Waals surface area (Å²) in [6.45, 7) is 11.8. The maximum atomic E-state index is 14.1. The standard InChI is InChI=1S/C24H34N2O8SSi/c1-7-33-21(28)13-15-24-14-12-17(16-19(27)22(24)34-36(5,6)23(2,3)4)25(24)35(31,32)20-11-9-8-10-18(20)26(29)30/h8-12,14,17,22H,7,13,15-16H2,1-6H3. The van der Waals surface area contributed by atoms with Crippen LogP contribution < -0.4 is 0 Å². The molecule has 0 spiro atoms. The van der Waals surface area contributed by atoms with E-state index in [0.29, 0.717) is 0 Å². The third-order valence-electron chi connectivity index (χ3n) is 7.33. The number of sulfonamides is 1. The Morgan fingerprint density at radius 3 is 2.50 bits per heavy atom. The normalized spacial score (nSPS) is 24.7. The van der Waals surface area contributed by atoms with E-state index in [1.807, 2.05) is 33.9 Å². The highest BCUT2D eigenvalue weighted by Gasteiger charge is 2.62. The number of nitro groups is 1. The second-order valence-corrected chi connectivity index (χ2v) is 17.2. The number of esters is 1. The minimum atomic E-state index is -4.48. The summed E-state index contributed by atoms with van der Waals surface area (Å²) in [6.07, 6.45) is 1.75. The number of hydrogen-bond donors (Lipinski definition) is 0. The molecule has 0 N–H and O–H groups in total. The maximum absolute atomic E-state index is 14.1. The quantitative estimate of drug-likeness (QED) is 0.152. The molecule has 36 heavy (non-hydrogen) atoms. The molecule has 0 amide bonds. The lowest BCUT2D eigenvalue weighted by molar-refractivity contribution is -0.387. The molecule has 3 unspecified atom stereocenters. The van der Waals surface area contributed by atoms with Gasteiger partial charge in [-0.2, -0.15) is 4.31 Å². The molecule has 0 saturated carbocycles. The molecule has 0 aliphatic carbocycles. The van der Waals surface area contributed by atoms with E-state index in [9.17, 15) is 28.1 Å². The van der Waals surface area contributed by atoms with Crippen molar-refractivity contribution in [1.82, 2.24) is 4.31 Å². The Hall–Kier alpha value is -2.41. The molecular weight excluding hydrogens is 504 g/mol. The first-order valence-corrected chi connectivity index (χ1v) is 16.3. The van der Waals surface area contributed by atoms with Crippen LogP contribution in [0.5, 0.6) is 0 Å². The largest absolute Gasteiger partial charge is 0.466 e. The number of ether oxygens (including phenoxy) is 1. The highest BCUT2D eigenvalue weighted by atomic mass is 32.2. The van der Waals surface area contributed by atoms with E-state index in [1.165, 1.54) is 18.2 Å². The van der Waals surface area contributed by atoms with Gasteiger partial charge in [0, 0.05) is 18.9 Å². The number of ketones is 1. The van der Waals surface area contributed by atoms with E-state index < -0.39 is 57.5 Å². The molecule has 10 nitrogen and oxygen atoms in total. The van der Waals surface area contributed by atoms with Gasteiger partial charge in [0.25, 0.3) is 15.7 Å². The van der Waals surface area contributed by atoms with Crippen molar-refractivity contribution in [3.05, 3.63) is 46.5 Å². The van der Waals surface area contributed by atoms with Crippen LogP contribution >= 0.6 is 0 Å². The van der Waals surface area contributed by atoms with Crippen molar-refractivity contribution >= 4 is 35.8 Å². The van der Waals surface area contributed by atoms with E-state index in [4.69, 9.17) is 9.16 Å². The maximum Gasteiger partial charge on any atom is 0.305 e. The first-order valence-electron chi connectivity index (χ1n) is 11.9. The Bertz CT molecular complexity index is 1190. The average molecular weight is 539 g/mol. The van der Waals surface area contributed by atoms with Gasteiger partial charge in [-0.05, 0) is 37.5 Å². The van der Waals surface area contributed by atoms with Gasteiger partial charge in [-0.3, -0.25) is 19.7 Å². The van der Waals surface area contributed by atoms with Gasteiger partial charge in [0.1, 0.15) is 6.10 Å². The smallest absolute Gasteiger partial charge is 0.305 e. The van der Waals surface area contributed by atoms with Crippen LogP contribution in [0.2, 0.25) is 18.1 Å². The van der Waals surface area contributed by atoms with Crippen LogP contribution in [0.25, 0.3) is 0 Å². The van der Waals surface area contributed by atoms with Crippen LogP contribution in [-0.4, -0.2) is 62.0 Å². The van der Waals surface area contributed by atoms with Gasteiger partial charge in [0.2, 0.25) is 0 Å². The third-order valence-corrected chi connectivity index (χ3v) is 13.8. The summed E-state index contributed by atoms with van der Waals surface area (Å²) in [7, 11) is -7.07. The van der Waals surface area contributed by atoms with Crippen molar-refractivity contribution in [3.63, 3.8) is 0 Å². The van der Waals surface area contributed by atoms with Crippen molar-refractivity contribution in [1.29, 1.82) is 0 Å². The number of hydrogen-bond acceptors (Lipinski definition) is 8. The van der Waals surface area contributed by atoms with Crippen LogP contribution in [0.3, 0.4) is 0 Å². The fourth-order valence-electron chi connectivity index (χ4n) is 4.52. The van der Waals surface area contributed by atoms with Crippen LogP contribution in [0.1, 0.15) is 47.0 Å². The lowest BCUT2D eigenvalue weighted by Gasteiger charge is -2.51. The number of carbonyl (C=O) groups is 2. The Morgan fingerprint density at radius 2 is 1.92 bits per heavy atom. The van der Waals surface area contributed by atoms with Crippen molar-refractivity contribution in [2.45, 2.75) is 87.7 Å². The molecule has 0 radical (unpaired) electrons. The van der Waals surface area contributed by atoms with Crippen LogP contribution in [0, 0.1) is 10.1 Å². The fraction of sp³-hybridized carbons (Fsp3) is 0.583. The van der Waals surface area contributed by atoms with Gasteiger partial charge in [-0.25, -0.2) is 8.42 Å². The molecule has 2 bridgehead atoms. The highest BCUT2D eigenvalue weighted by Crippen LogP contribution is 2.49. The molecule has 2 heterocycles. The topological polar surface area (TPSA) is 133 Å². The van der Waals surface area contributed by atoms with E-state index in [1.54, 1.807) is 19.1 Å². The highest BCUT2D eigenvalue weighted by molar-refractivity contribution is 7.89. The molecule has 3 atom stereocenters. The molecule has 0 aromatic heterocycles.